The van der Waals surface area contributed by atoms with Crippen molar-refractivity contribution in [1.29, 1.82) is 5.26 Å². The Hall–Kier alpha value is -2.62. The van der Waals surface area contributed by atoms with Crippen molar-refractivity contribution >= 4 is 17.3 Å². The third-order valence-corrected chi connectivity index (χ3v) is 3.25. The van der Waals surface area contributed by atoms with Gasteiger partial charge in [-0.1, -0.05) is 0 Å². The Labute approximate surface area is 115 Å². The summed E-state index contributed by atoms with van der Waals surface area (Å²) in [6.45, 7) is 0. The molecule has 2 rings (SSSR count). The first-order valence-corrected chi connectivity index (χ1v) is 6.18. The Bertz CT molecular complexity index is 590. The Morgan fingerprint density at radius 3 is 2.80 bits per heavy atom. The summed E-state index contributed by atoms with van der Waals surface area (Å²) >= 11 is 0. The minimum absolute atomic E-state index is 0.0104. The van der Waals surface area contributed by atoms with E-state index in [0.717, 1.165) is 12.8 Å². The van der Waals surface area contributed by atoms with Gasteiger partial charge in [-0.05, 0) is 30.9 Å². The molecule has 1 aliphatic carbocycles. The van der Waals surface area contributed by atoms with Crippen molar-refractivity contribution in [2.45, 2.75) is 25.3 Å². The summed E-state index contributed by atoms with van der Waals surface area (Å²) in [6.07, 6.45) is 1.94. The predicted octanol–water partition coefficient (Wildman–Crippen LogP) is 2.13. The summed E-state index contributed by atoms with van der Waals surface area (Å²) < 4.78 is 0. The molecule has 7 heteroatoms. The van der Waals surface area contributed by atoms with E-state index in [9.17, 15) is 14.9 Å². The third kappa shape index (κ3) is 3.23. The largest absolute Gasteiger partial charge is 0.481 e. The molecule has 0 saturated heterocycles. The highest BCUT2D eigenvalue weighted by Gasteiger charge is 2.32. The second-order valence-electron chi connectivity index (χ2n) is 4.79. The maximum Gasteiger partial charge on any atom is 0.305 e. The van der Waals surface area contributed by atoms with Crippen LogP contribution in [-0.2, 0) is 4.79 Å². The number of hydrogen-bond acceptors (Lipinski definition) is 5. The minimum atomic E-state index is -0.892. The molecule has 1 saturated carbocycles. The number of benzene rings is 1. The lowest BCUT2D eigenvalue weighted by molar-refractivity contribution is -0.385. The summed E-state index contributed by atoms with van der Waals surface area (Å²) in [4.78, 5) is 20.9. The molecule has 20 heavy (non-hydrogen) atoms. The molecule has 0 radical (unpaired) electrons. The molecule has 7 nitrogen and oxygen atoms in total. The van der Waals surface area contributed by atoms with E-state index in [-0.39, 0.29) is 23.7 Å². The Morgan fingerprint density at radius 2 is 2.30 bits per heavy atom. The maximum atomic E-state index is 10.8. The highest BCUT2D eigenvalue weighted by atomic mass is 16.6. The molecule has 0 amide bonds. The molecule has 1 fully saturated rings. The van der Waals surface area contributed by atoms with Crippen LogP contribution in [0.5, 0.6) is 0 Å². The average Bonchev–Trinajstić information content (AvgIpc) is 3.21. The number of anilines is 1. The van der Waals surface area contributed by atoms with Crippen LogP contribution in [0.1, 0.15) is 24.8 Å². The molecule has 0 spiro atoms. The zero-order chi connectivity index (χ0) is 14.7. The molecule has 0 aromatic heterocycles. The standard InChI is InChI=1S/C13H13N3O4/c14-7-9-5-10(3-4-12(9)16(19)20)15-11(6-13(17)18)8-1-2-8/h3-5,8,11,15H,1-2,6H2,(H,17,18). The maximum absolute atomic E-state index is 10.8. The summed E-state index contributed by atoms with van der Waals surface area (Å²) in [5.41, 5.74) is 0.245. The van der Waals surface area contributed by atoms with Crippen LogP contribution in [0.15, 0.2) is 18.2 Å². The van der Waals surface area contributed by atoms with Crippen molar-refractivity contribution in [2.24, 2.45) is 5.92 Å². The van der Waals surface area contributed by atoms with Gasteiger partial charge in [0.1, 0.15) is 11.6 Å². The van der Waals surface area contributed by atoms with E-state index in [0.29, 0.717) is 11.6 Å². The van der Waals surface area contributed by atoms with E-state index < -0.39 is 10.9 Å². The highest BCUT2D eigenvalue weighted by Crippen LogP contribution is 2.36. The number of nitro benzene ring substituents is 1. The third-order valence-electron chi connectivity index (χ3n) is 3.25. The van der Waals surface area contributed by atoms with E-state index in [2.05, 4.69) is 5.32 Å². The van der Waals surface area contributed by atoms with Gasteiger partial charge in [0.25, 0.3) is 5.69 Å². The first-order chi connectivity index (χ1) is 9.51. The van der Waals surface area contributed by atoms with Crippen molar-refractivity contribution in [2.75, 3.05) is 5.32 Å². The molecule has 0 heterocycles. The van der Waals surface area contributed by atoms with Crippen molar-refractivity contribution in [1.82, 2.24) is 0 Å². The number of nitriles is 1. The average molecular weight is 275 g/mol. The number of rotatable bonds is 6. The van der Waals surface area contributed by atoms with Gasteiger partial charge in [-0.25, -0.2) is 0 Å². The van der Waals surface area contributed by atoms with Crippen molar-refractivity contribution in [3.63, 3.8) is 0 Å². The Balaban J connectivity index is 2.18. The topological polar surface area (TPSA) is 116 Å². The van der Waals surface area contributed by atoms with Crippen molar-refractivity contribution in [3.8, 4) is 6.07 Å². The predicted molar refractivity (Wildman–Crippen MR) is 70.2 cm³/mol. The number of nitrogens with one attached hydrogen (secondary N) is 1. The van der Waals surface area contributed by atoms with Gasteiger partial charge >= 0.3 is 5.97 Å². The molecule has 2 N–H and O–H groups in total. The second kappa shape index (κ2) is 5.57. The van der Waals surface area contributed by atoms with Crippen LogP contribution in [0.3, 0.4) is 0 Å². The van der Waals surface area contributed by atoms with Crippen LogP contribution in [0, 0.1) is 27.4 Å². The molecule has 1 unspecified atom stereocenters. The first-order valence-electron chi connectivity index (χ1n) is 6.18. The summed E-state index contributed by atoms with van der Waals surface area (Å²) in [7, 11) is 0. The first kappa shape index (κ1) is 13.8. The van der Waals surface area contributed by atoms with Gasteiger partial charge in [0.2, 0.25) is 0 Å². The zero-order valence-electron chi connectivity index (χ0n) is 10.6. The quantitative estimate of drug-likeness (QED) is 0.606. The fourth-order valence-corrected chi connectivity index (χ4v) is 2.11. The lowest BCUT2D eigenvalue weighted by atomic mass is 10.1. The number of aliphatic carboxylic acids is 1. The monoisotopic (exact) mass is 275 g/mol. The molecular formula is C13H13N3O4. The summed E-state index contributed by atoms with van der Waals surface area (Å²) in [6, 6.07) is 5.71. The van der Waals surface area contributed by atoms with Crippen LogP contribution >= 0.6 is 0 Å². The SMILES string of the molecule is N#Cc1cc(NC(CC(=O)O)C2CC2)ccc1[N+](=O)[O-]. The van der Waals surface area contributed by atoms with Crippen LogP contribution in [0.4, 0.5) is 11.4 Å². The molecular weight excluding hydrogens is 262 g/mol. The number of nitro groups is 1. The van der Waals surface area contributed by atoms with Gasteiger partial charge in [-0.15, -0.1) is 0 Å². The molecule has 104 valence electrons. The van der Waals surface area contributed by atoms with Gasteiger partial charge in [-0.2, -0.15) is 5.26 Å². The minimum Gasteiger partial charge on any atom is -0.481 e. The number of carbonyl (C=O) groups is 1. The fraction of sp³-hybridized carbons (Fsp3) is 0.385. The van der Waals surface area contributed by atoms with Gasteiger partial charge in [0.15, 0.2) is 0 Å². The van der Waals surface area contributed by atoms with Gasteiger partial charge < -0.3 is 10.4 Å². The Morgan fingerprint density at radius 1 is 1.60 bits per heavy atom. The lowest BCUT2D eigenvalue weighted by Crippen LogP contribution is -2.25. The number of carboxylic acids is 1. The van der Waals surface area contributed by atoms with E-state index in [1.807, 2.05) is 0 Å². The van der Waals surface area contributed by atoms with Gasteiger partial charge in [-0.3, -0.25) is 14.9 Å². The summed E-state index contributed by atoms with van der Waals surface area (Å²) in [5, 5.41) is 31.6. The fourth-order valence-electron chi connectivity index (χ4n) is 2.11. The van der Waals surface area contributed by atoms with Crippen LogP contribution in [0.2, 0.25) is 0 Å². The molecule has 1 aliphatic rings. The highest BCUT2D eigenvalue weighted by molar-refractivity contribution is 5.69. The van der Waals surface area contributed by atoms with Crippen molar-refractivity contribution in [3.05, 3.63) is 33.9 Å². The van der Waals surface area contributed by atoms with Gasteiger partial charge in [0, 0.05) is 17.8 Å². The number of hydrogen-bond donors (Lipinski definition) is 2. The normalized spacial score (nSPS) is 15.2. The van der Waals surface area contributed by atoms with Crippen LogP contribution in [0.25, 0.3) is 0 Å². The molecule has 1 aromatic carbocycles. The van der Waals surface area contributed by atoms with Gasteiger partial charge in [0.05, 0.1) is 11.3 Å². The van der Waals surface area contributed by atoms with E-state index in [1.165, 1.54) is 18.2 Å². The molecule has 0 aliphatic heterocycles. The van der Waals surface area contributed by atoms with E-state index >= 15 is 0 Å². The van der Waals surface area contributed by atoms with Crippen LogP contribution in [-0.4, -0.2) is 22.0 Å². The van der Waals surface area contributed by atoms with Crippen molar-refractivity contribution < 1.29 is 14.8 Å². The van der Waals surface area contributed by atoms with Crippen LogP contribution < -0.4 is 5.32 Å². The molecule has 1 atom stereocenters. The zero-order valence-corrected chi connectivity index (χ0v) is 10.6. The number of carboxylic acid groups (broad SMARTS) is 1. The van der Waals surface area contributed by atoms with E-state index in [1.54, 1.807) is 6.07 Å². The van der Waals surface area contributed by atoms with E-state index in [4.69, 9.17) is 10.4 Å². The summed E-state index contributed by atoms with van der Waals surface area (Å²) in [5.74, 6) is -0.580. The number of nitrogens with zero attached hydrogens (tertiary/aromatic N) is 2. The molecule has 0 bridgehead atoms. The Kier molecular flexibility index (Phi) is 3.84. The second-order valence-corrected chi connectivity index (χ2v) is 4.79. The molecule has 1 aromatic rings. The lowest BCUT2D eigenvalue weighted by Gasteiger charge is -2.17. The smallest absolute Gasteiger partial charge is 0.305 e.